The van der Waals surface area contributed by atoms with Crippen LogP contribution in [0, 0.1) is 0 Å². The molecular weight excluding hydrogens is 332 g/mol. The molecule has 1 rings (SSSR count). The Hall–Kier alpha value is -2.48. The summed E-state index contributed by atoms with van der Waals surface area (Å²) in [5.74, 6) is -1.21. The summed E-state index contributed by atoms with van der Waals surface area (Å²) < 4.78 is 25.7. The highest BCUT2D eigenvalue weighted by atomic mass is 16.5. The first-order valence-corrected chi connectivity index (χ1v) is 7.57. The number of esters is 2. The monoisotopic (exact) mass is 356 g/mol. The summed E-state index contributed by atoms with van der Waals surface area (Å²) in [6.45, 7) is 1.63. The fraction of sp³-hybridized carbons (Fsp3) is 0.529. The smallest absolute Gasteiger partial charge is 0.345 e. The second-order valence-electron chi connectivity index (χ2n) is 5.20. The standard InChI is InChI=1S/C17H24O8/c1-9(18)7-8-10-13(21-2)11(16(19)24-5)15(23-4)12(14(10)22-3)17(20)25-6/h9,18H,7-8H2,1-6H3. The molecule has 0 amide bonds. The molecular formula is C17H24O8. The lowest BCUT2D eigenvalue weighted by Gasteiger charge is -2.22. The van der Waals surface area contributed by atoms with Gasteiger partial charge in [-0.2, -0.15) is 0 Å². The molecule has 0 aromatic heterocycles. The van der Waals surface area contributed by atoms with E-state index in [2.05, 4.69) is 0 Å². The molecule has 0 heterocycles. The summed E-state index contributed by atoms with van der Waals surface area (Å²) in [7, 11) is 6.48. The molecule has 1 atom stereocenters. The van der Waals surface area contributed by atoms with Gasteiger partial charge in [-0.05, 0) is 19.8 Å². The lowest BCUT2D eigenvalue weighted by atomic mass is 9.96. The molecule has 0 saturated carbocycles. The number of hydrogen-bond donors (Lipinski definition) is 1. The molecule has 0 saturated heterocycles. The number of ether oxygens (including phenoxy) is 5. The first-order valence-electron chi connectivity index (χ1n) is 7.57. The maximum absolute atomic E-state index is 12.3. The third-order valence-corrected chi connectivity index (χ3v) is 3.66. The van der Waals surface area contributed by atoms with Crippen molar-refractivity contribution >= 4 is 11.9 Å². The van der Waals surface area contributed by atoms with Gasteiger partial charge >= 0.3 is 11.9 Å². The molecule has 8 nitrogen and oxygen atoms in total. The van der Waals surface area contributed by atoms with Gasteiger partial charge in [0.15, 0.2) is 5.75 Å². The van der Waals surface area contributed by atoms with Gasteiger partial charge in [0.2, 0.25) is 0 Å². The Labute approximate surface area is 146 Å². The molecule has 0 aliphatic rings. The Morgan fingerprint density at radius 1 is 0.840 bits per heavy atom. The van der Waals surface area contributed by atoms with Gasteiger partial charge in [0.1, 0.15) is 22.6 Å². The maximum atomic E-state index is 12.3. The van der Waals surface area contributed by atoms with Crippen molar-refractivity contribution in [2.45, 2.75) is 25.9 Å². The van der Waals surface area contributed by atoms with Crippen LogP contribution in [-0.4, -0.2) is 58.7 Å². The fourth-order valence-corrected chi connectivity index (χ4v) is 2.55. The highest BCUT2D eigenvalue weighted by molar-refractivity contribution is 6.05. The van der Waals surface area contributed by atoms with E-state index in [0.29, 0.717) is 18.4 Å². The van der Waals surface area contributed by atoms with E-state index in [9.17, 15) is 14.7 Å². The molecule has 1 N–H and O–H groups in total. The van der Waals surface area contributed by atoms with Crippen molar-refractivity contribution in [3.8, 4) is 17.2 Å². The van der Waals surface area contributed by atoms with Gasteiger partial charge in [-0.3, -0.25) is 0 Å². The third kappa shape index (κ3) is 4.14. The van der Waals surface area contributed by atoms with Crippen LogP contribution in [0.25, 0.3) is 0 Å². The largest absolute Gasteiger partial charge is 0.495 e. The normalized spacial score (nSPS) is 11.5. The average Bonchev–Trinajstić information content (AvgIpc) is 2.62. The lowest BCUT2D eigenvalue weighted by molar-refractivity contribution is 0.0586. The fourth-order valence-electron chi connectivity index (χ4n) is 2.55. The Kier molecular flexibility index (Phi) is 7.50. The third-order valence-electron chi connectivity index (χ3n) is 3.66. The van der Waals surface area contributed by atoms with Gasteiger partial charge in [-0.25, -0.2) is 9.59 Å². The van der Waals surface area contributed by atoms with Gasteiger partial charge < -0.3 is 28.8 Å². The van der Waals surface area contributed by atoms with E-state index >= 15 is 0 Å². The predicted molar refractivity (Wildman–Crippen MR) is 88.8 cm³/mol. The molecule has 1 aromatic rings. The van der Waals surface area contributed by atoms with Crippen molar-refractivity contribution in [2.24, 2.45) is 0 Å². The summed E-state index contributed by atoms with van der Waals surface area (Å²) in [4.78, 5) is 24.6. The van der Waals surface area contributed by atoms with E-state index < -0.39 is 18.0 Å². The molecule has 0 aliphatic heterocycles. The van der Waals surface area contributed by atoms with E-state index in [0.717, 1.165) is 0 Å². The number of hydrogen-bond acceptors (Lipinski definition) is 8. The molecule has 0 bridgehead atoms. The van der Waals surface area contributed by atoms with E-state index in [-0.39, 0.29) is 28.4 Å². The SMILES string of the molecule is COC(=O)c1c(OC)c(CCC(C)O)c(OC)c(C(=O)OC)c1OC. The van der Waals surface area contributed by atoms with Crippen LogP contribution in [0.15, 0.2) is 0 Å². The zero-order valence-corrected chi connectivity index (χ0v) is 15.3. The van der Waals surface area contributed by atoms with E-state index in [1.54, 1.807) is 6.92 Å². The van der Waals surface area contributed by atoms with Crippen molar-refractivity contribution in [3.63, 3.8) is 0 Å². The van der Waals surface area contributed by atoms with Crippen molar-refractivity contribution in [3.05, 3.63) is 16.7 Å². The van der Waals surface area contributed by atoms with E-state index in [1.807, 2.05) is 0 Å². The second kappa shape index (κ2) is 9.12. The van der Waals surface area contributed by atoms with Crippen LogP contribution in [-0.2, 0) is 15.9 Å². The highest BCUT2D eigenvalue weighted by Gasteiger charge is 2.34. The van der Waals surface area contributed by atoms with Crippen molar-refractivity contribution in [2.75, 3.05) is 35.5 Å². The summed E-state index contributed by atoms with van der Waals surface area (Å²) in [6, 6.07) is 0. The van der Waals surface area contributed by atoms with E-state index in [1.165, 1.54) is 35.5 Å². The number of aliphatic hydroxyl groups is 1. The minimum Gasteiger partial charge on any atom is -0.495 e. The van der Waals surface area contributed by atoms with Crippen LogP contribution in [0.3, 0.4) is 0 Å². The zero-order chi connectivity index (χ0) is 19.1. The van der Waals surface area contributed by atoms with Crippen LogP contribution >= 0.6 is 0 Å². The molecule has 25 heavy (non-hydrogen) atoms. The lowest BCUT2D eigenvalue weighted by Crippen LogP contribution is -2.16. The average molecular weight is 356 g/mol. The van der Waals surface area contributed by atoms with Crippen LogP contribution in [0.5, 0.6) is 17.2 Å². The summed E-state index contributed by atoms with van der Waals surface area (Å²) >= 11 is 0. The highest BCUT2D eigenvalue weighted by Crippen LogP contribution is 2.45. The second-order valence-corrected chi connectivity index (χ2v) is 5.20. The first kappa shape index (κ1) is 20.6. The van der Waals surface area contributed by atoms with Crippen molar-refractivity contribution < 1.29 is 38.4 Å². The Balaban J connectivity index is 3.90. The van der Waals surface area contributed by atoms with Crippen LogP contribution in [0.1, 0.15) is 39.6 Å². The van der Waals surface area contributed by atoms with E-state index in [4.69, 9.17) is 23.7 Å². The molecule has 0 spiro atoms. The Bertz CT molecular complexity index is 591. The predicted octanol–water partition coefficient (Wildman–Crippen LogP) is 1.60. The first-order chi connectivity index (χ1) is 11.9. The van der Waals surface area contributed by atoms with Crippen LogP contribution < -0.4 is 14.2 Å². The topological polar surface area (TPSA) is 101 Å². The van der Waals surface area contributed by atoms with Crippen LogP contribution in [0.2, 0.25) is 0 Å². The number of carbonyl (C=O) groups excluding carboxylic acids is 2. The zero-order valence-electron chi connectivity index (χ0n) is 15.3. The van der Waals surface area contributed by atoms with Gasteiger partial charge in [0, 0.05) is 5.56 Å². The van der Waals surface area contributed by atoms with Gasteiger partial charge in [0.25, 0.3) is 0 Å². The van der Waals surface area contributed by atoms with Crippen molar-refractivity contribution in [1.82, 2.24) is 0 Å². The van der Waals surface area contributed by atoms with Gasteiger partial charge in [0.05, 0.1) is 41.7 Å². The molecule has 1 aromatic carbocycles. The van der Waals surface area contributed by atoms with Crippen LogP contribution in [0.4, 0.5) is 0 Å². The quantitative estimate of drug-likeness (QED) is 0.701. The molecule has 140 valence electrons. The van der Waals surface area contributed by atoms with Crippen molar-refractivity contribution in [1.29, 1.82) is 0 Å². The summed E-state index contributed by atoms with van der Waals surface area (Å²) in [5.41, 5.74) is 0.344. The molecule has 8 heteroatoms. The number of aliphatic hydroxyl groups excluding tert-OH is 1. The van der Waals surface area contributed by atoms with Gasteiger partial charge in [-0.1, -0.05) is 0 Å². The Morgan fingerprint density at radius 2 is 1.24 bits per heavy atom. The number of methoxy groups -OCH3 is 5. The maximum Gasteiger partial charge on any atom is 0.345 e. The number of carbonyl (C=O) groups is 2. The van der Waals surface area contributed by atoms with Gasteiger partial charge in [-0.15, -0.1) is 0 Å². The number of benzene rings is 1. The minimum absolute atomic E-state index is 0.0470. The molecule has 1 unspecified atom stereocenters. The minimum atomic E-state index is -0.736. The summed E-state index contributed by atoms with van der Waals surface area (Å²) in [6.07, 6.45) is 0.0575. The molecule has 0 fully saturated rings. The molecule has 0 aliphatic carbocycles. The summed E-state index contributed by atoms with van der Waals surface area (Å²) in [5, 5.41) is 9.60. The Morgan fingerprint density at radius 3 is 1.52 bits per heavy atom. The number of rotatable bonds is 8. The molecule has 0 radical (unpaired) electrons.